The Kier molecular flexibility index (Phi) is 14.6. The predicted octanol–water partition coefficient (Wildman–Crippen LogP) is 6.80. The Morgan fingerprint density at radius 2 is 1.11 bits per heavy atom. The van der Waals surface area contributed by atoms with Gasteiger partial charge in [0.15, 0.2) is 11.6 Å². The fraction of sp³-hybridized carbons (Fsp3) is 0.385. The number of amides is 4. The summed E-state index contributed by atoms with van der Waals surface area (Å²) in [6.07, 6.45) is 6.76. The first kappa shape index (κ1) is 41.1. The number of urea groups is 2. The van der Waals surface area contributed by atoms with Crippen molar-refractivity contribution in [2.24, 2.45) is 0 Å². The third kappa shape index (κ3) is 12.2. The molecule has 0 saturated carbocycles. The van der Waals surface area contributed by atoms with E-state index in [-0.39, 0.29) is 22.9 Å². The van der Waals surface area contributed by atoms with Crippen molar-refractivity contribution in [3.05, 3.63) is 107 Å². The van der Waals surface area contributed by atoms with Crippen LogP contribution in [0.2, 0.25) is 0 Å². The van der Waals surface area contributed by atoms with Crippen LogP contribution in [0, 0.1) is 25.5 Å². The molecule has 2 aromatic heterocycles. The molecule has 13 nitrogen and oxygen atoms in total. The van der Waals surface area contributed by atoms with Crippen LogP contribution in [-0.4, -0.2) is 89.6 Å². The van der Waals surface area contributed by atoms with Crippen molar-refractivity contribution in [3.8, 4) is 0 Å². The summed E-state index contributed by atoms with van der Waals surface area (Å²) in [5.74, 6) is -0.785. The summed E-state index contributed by atoms with van der Waals surface area (Å²) >= 11 is 0. The highest BCUT2D eigenvalue weighted by molar-refractivity contribution is 7.89. The molecule has 16 heteroatoms. The molecule has 2 aliphatic heterocycles. The number of carbonyl (C=O) groups excluding carboxylic acids is 2. The van der Waals surface area contributed by atoms with Crippen LogP contribution >= 0.6 is 0 Å². The minimum Gasteiger partial charge on any atom is -0.308 e. The van der Waals surface area contributed by atoms with Gasteiger partial charge in [-0.1, -0.05) is 30.7 Å². The summed E-state index contributed by atoms with van der Waals surface area (Å²) in [5, 5.41) is 10.5. The van der Waals surface area contributed by atoms with Crippen LogP contribution in [0.15, 0.2) is 73.1 Å². The average Bonchev–Trinajstić information content (AvgIpc) is 3.16. The summed E-state index contributed by atoms with van der Waals surface area (Å²) in [7, 11) is -3.20. The number of nitrogens with zero attached hydrogens (tertiary/aromatic N) is 5. The first-order chi connectivity index (χ1) is 26.4. The summed E-state index contributed by atoms with van der Waals surface area (Å²) in [5.41, 5.74) is 4.08. The Labute approximate surface area is 321 Å². The van der Waals surface area contributed by atoms with E-state index in [1.165, 1.54) is 16.8 Å². The van der Waals surface area contributed by atoms with E-state index in [2.05, 4.69) is 36.1 Å². The van der Waals surface area contributed by atoms with Crippen LogP contribution in [0.1, 0.15) is 48.7 Å². The largest absolute Gasteiger partial charge is 0.323 e. The van der Waals surface area contributed by atoms with Crippen LogP contribution in [0.25, 0.3) is 0 Å². The summed E-state index contributed by atoms with van der Waals surface area (Å²) in [4.78, 5) is 36.7. The molecule has 2 aromatic carbocycles. The van der Waals surface area contributed by atoms with Gasteiger partial charge < -0.3 is 21.3 Å². The number of anilines is 4. The van der Waals surface area contributed by atoms with Gasteiger partial charge in [0.2, 0.25) is 10.0 Å². The molecule has 4 amide bonds. The van der Waals surface area contributed by atoms with Crippen molar-refractivity contribution in [1.82, 2.24) is 24.1 Å². The Morgan fingerprint density at radius 3 is 1.55 bits per heavy atom. The maximum Gasteiger partial charge on any atom is 0.323 e. The van der Waals surface area contributed by atoms with Gasteiger partial charge in [-0.15, -0.1) is 0 Å². The van der Waals surface area contributed by atoms with Gasteiger partial charge in [0.25, 0.3) is 0 Å². The zero-order chi connectivity index (χ0) is 39.4. The number of hydrogen-bond acceptors (Lipinski definition) is 8. The van der Waals surface area contributed by atoms with Crippen LogP contribution in [0.4, 0.5) is 41.1 Å². The summed E-state index contributed by atoms with van der Waals surface area (Å²) < 4.78 is 55.0. The fourth-order valence-electron chi connectivity index (χ4n) is 6.36. The molecule has 4 N–H and O–H groups in total. The SMILES string of the molecule is CCS(=O)(=O)N1CCN(Cc2cccc(NC(=O)Nc3ccnc(C)c3)c2F)CC1.Cc1cc(NC(=O)Nc2cccc(CN3CCCCC3)c2F)ccn1. The molecule has 0 aliphatic carbocycles. The quantitative estimate of drug-likeness (QED) is 0.137. The monoisotopic (exact) mass is 777 g/mol. The molecule has 55 heavy (non-hydrogen) atoms. The van der Waals surface area contributed by atoms with E-state index in [9.17, 15) is 26.8 Å². The number of likely N-dealkylation sites (tertiary alicyclic amines) is 1. The van der Waals surface area contributed by atoms with Crippen molar-refractivity contribution >= 4 is 44.8 Å². The minimum absolute atomic E-state index is 0.0798. The van der Waals surface area contributed by atoms with Gasteiger partial charge in [-0.2, -0.15) is 4.31 Å². The zero-order valence-corrected chi connectivity index (χ0v) is 32.3. The number of nitrogens with one attached hydrogen (secondary N) is 4. The van der Waals surface area contributed by atoms with Crippen molar-refractivity contribution in [3.63, 3.8) is 0 Å². The second-order valence-electron chi connectivity index (χ2n) is 13.5. The lowest BCUT2D eigenvalue weighted by Gasteiger charge is -2.33. The number of piperidine rings is 1. The predicted molar refractivity (Wildman–Crippen MR) is 211 cm³/mol. The Bertz CT molecular complexity index is 2040. The second-order valence-corrected chi connectivity index (χ2v) is 15.8. The number of aromatic nitrogens is 2. The topological polar surface area (TPSA) is 152 Å². The van der Waals surface area contributed by atoms with E-state index in [1.54, 1.807) is 73.9 Å². The highest BCUT2D eigenvalue weighted by Crippen LogP contribution is 2.23. The van der Waals surface area contributed by atoms with E-state index >= 15 is 0 Å². The van der Waals surface area contributed by atoms with E-state index in [4.69, 9.17) is 0 Å². The van der Waals surface area contributed by atoms with Gasteiger partial charge >= 0.3 is 12.1 Å². The number of aryl methyl sites for hydroxylation is 2. The Balaban J connectivity index is 0.000000214. The molecule has 2 aliphatic rings. The minimum atomic E-state index is -3.20. The highest BCUT2D eigenvalue weighted by atomic mass is 32.2. The van der Waals surface area contributed by atoms with E-state index in [0.29, 0.717) is 61.8 Å². The highest BCUT2D eigenvalue weighted by Gasteiger charge is 2.26. The maximum atomic E-state index is 14.9. The third-order valence-corrected chi connectivity index (χ3v) is 11.2. The molecule has 0 atom stereocenters. The Morgan fingerprint density at radius 1 is 0.655 bits per heavy atom. The molecular formula is C39H49F2N9O4S. The average molecular weight is 778 g/mol. The molecule has 294 valence electrons. The number of hydrogen-bond donors (Lipinski definition) is 4. The molecule has 6 rings (SSSR count). The molecule has 4 heterocycles. The molecule has 2 saturated heterocycles. The normalized spacial score (nSPS) is 15.4. The first-order valence-corrected chi connectivity index (χ1v) is 20.0. The number of carbonyl (C=O) groups is 2. The number of sulfonamides is 1. The number of pyridine rings is 2. The number of benzene rings is 2. The zero-order valence-electron chi connectivity index (χ0n) is 31.4. The van der Waals surface area contributed by atoms with E-state index in [1.807, 2.05) is 18.7 Å². The maximum absolute atomic E-state index is 14.9. The molecule has 4 aromatic rings. The molecule has 0 bridgehead atoms. The van der Waals surface area contributed by atoms with Crippen LogP contribution < -0.4 is 21.3 Å². The first-order valence-electron chi connectivity index (χ1n) is 18.4. The lowest BCUT2D eigenvalue weighted by molar-refractivity contribution is 0.180. The molecule has 2 fully saturated rings. The van der Waals surface area contributed by atoms with Crippen molar-refractivity contribution < 1.29 is 26.8 Å². The number of rotatable bonds is 10. The lowest BCUT2D eigenvalue weighted by Crippen LogP contribution is -2.48. The van der Waals surface area contributed by atoms with E-state index in [0.717, 1.165) is 37.3 Å². The smallest absolute Gasteiger partial charge is 0.308 e. The van der Waals surface area contributed by atoms with Crippen molar-refractivity contribution in [2.75, 3.05) is 66.3 Å². The van der Waals surface area contributed by atoms with E-state index < -0.39 is 27.9 Å². The van der Waals surface area contributed by atoms with Crippen LogP contribution in [0.3, 0.4) is 0 Å². The molecular weight excluding hydrogens is 729 g/mol. The van der Waals surface area contributed by atoms with Gasteiger partial charge in [0, 0.05) is 85.6 Å². The molecule has 0 spiro atoms. The second kappa shape index (κ2) is 19.5. The number of piperazine rings is 1. The van der Waals surface area contributed by atoms with Crippen LogP contribution in [-0.2, 0) is 23.1 Å². The van der Waals surface area contributed by atoms with Gasteiger partial charge in [-0.05, 0) is 83.1 Å². The molecule has 0 radical (unpaired) electrons. The molecule has 0 unspecified atom stereocenters. The van der Waals surface area contributed by atoms with Gasteiger partial charge in [0.05, 0.1) is 17.1 Å². The van der Waals surface area contributed by atoms with Crippen LogP contribution in [0.5, 0.6) is 0 Å². The number of halogens is 2. The van der Waals surface area contributed by atoms with Gasteiger partial charge in [-0.3, -0.25) is 19.8 Å². The Hall–Kier alpha value is -5.03. The fourth-order valence-corrected chi connectivity index (χ4v) is 7.45. The standard InChI is InChI=1S/C20H26FN5O3S.C19H23FN4O/c1-3-30(28,29)26-11-9-25(10-12-26)14-16-5-4-6-18(19(16)21)24-20(27)23-17-7-8-22-15(2)13-17;1-14-12-16(8-9-21-14)22-19(25)23-17-7-5-6-15(18(17)20)13-24-10-3-2-4-11-24/h4-8,13H,3,9-12,14H2,1-2H3,(H2,22,23,24,27);5-9,12H,2-4,10-11,13H2,1H3,(H2,21,22,23,25). The summed E-state index contributed by atoms with van der Waals surface area (Å²) in [6.45, 7) is 10.0. The van der Waals surface area contributed by atoms with Gasteiger partial charge in [-0.25, -0.2) is 26.8 Å². The van der Waals surface area contributed by atoms with Crippen molar-refractivity contribution in [2.45, 2.75) is 53.1 Å². The van der Waals surface area contributed by atoms with Crippen molar-refractivity contribution in [1.29, 1.82) is 0 Å². The lowest BCUT2D eigenvalue weighted by atomic mass is 10.1. The van der Waals surface area contributed by atoms with Gasteiger partial charge in [0.1, 0.15) is 0 Å². The summed E-state index contributed by atoms with van der Waals surface area (Å²) in [6, 6.07) is 15.8. The third-order valence-electron chi connectivity index (χ3n) is 9.29.